The first-order valence-corrected chi connectivity index (χ1v) is 6.40. The summed E-state index contributed by atoms with van der Waals surface area (Å²) >= 11 is 0. The van der Waals surface area contributed by atoms with Gasteiger partial charge in [0.05, 0.1) is 5.56 Å². The van der Waals surface area contributed by atoms with Crippen molar-refractivity contribution in [1.29, 1.82) is 5.26 Å². The van der Waals surface area contributed by atoms with Crippen LogP contribution in [0.2, 0.25) is 0 Å². The number of anilines is 1. The molecule has 116 valence electrons. The second-order valence-electron chi connectivity index (χ2n) is 4.60. The first-order valence-electron chi connectivity index (χ1n) is 6.40. The molecular formula is C13H13F3N6. The summed E-state index contributed by atoms with van der Waals surface area (Å²) in [7, 11) is 1.80. The molecular weight excluding hydrogens is 297 g/mol. The van der Waals surface area contributed by atoms with Crippen LogP contribution in [0, 0.1) is 18.3 Å². The molecule has 0 spiro atoms. The molecule has 0 saturated carbocycles. The molecule has 2 aromatic rings. The van der Waals surface area contributed by atoms with Crippen LogP contribution in [0.25, 0.3) is 0 Å². The molecule has 0 amide bonds. The highest BCUT2D eigenvalue weighted by Gasteiger charge is 2.33. The second kappa shape index (κ2) is 6.01. The summed E-state index contributed by atoms with van der Waals surface area (Å²) in [6.45, 7) is 2.08. The minimum absolute atomic E-state index is 0.0575. The number of nitrogens with zero attached hydrogens (tertiary/aromatic N) is 5. The quantitative estimate of drug-likeness (QED) is 0.935. The fourth-order valence-electron chi connectivity index (χ4n) is 1.80. The van der Waals surface area contributed by atoms with E-state index >= 15 is 0 Å². The Morgan fingerprint density at radius 3 is 2.59 bits per heavy atom. The fourth-order valence-corrected chi connectivity index (χ4v) is 1.80. The molecule has 2 rings (SSSR count). The summed E-state index contributed by atoms with van der Waals surface area (Å²) in [6.07, 6.45) is -4.11. The molecule has 2 aromatic heterocycles. The third kappa shape index (κ3) is 3.33. The van der Waals surface area contributed by atoms with E-state index in [2.05, 4.69) is 20.5 Å². The molecule has 2 heterocycles. The van der Waals surface area contributed by atoms with Crippen LogP contribution < -0.4 is 5.32 Å². The number of rotatable bonds is 4. The van der Waals surface area contributed by atoms with Crippen molar-refractivity contribution in [3.05, 3.63) is 35.0 Å². The number of alkyl halides is 3. The van der Waals surface area contributed by atoms with Crippen molar-refractivity contribution < 1.29 is 13.2 Å². The number of hydrogen-bond donors (Lipinski definition) is 1. The maximum absolute atomic E-state index is 12.7. The van der Waals surface area contributed by atoms with Gasteiger partial charge in [0, 0.05) is 20.0 Å². The first-order chi connectivity index (χ1) is 10.3. The Kier molecular flexibility index (Phi) is 4.30. The zero-order chi connectivity index (χ0) is 16.3. The summed E-state index contributed by atoms with van der Waals surface area (Å²) in [6, 6.07) is 3.70. The van der Waals surface area contributed by atoms with E-state index in [0.717, 1.165) is 18.0 Å². The molecule has 0 unspecified atom stereocenters. The highest BCUT2D eigenvalue weighted by Crippen LogP contribution is 2.29. The number of aryl methyl sites for hydroxylation is 1. The normalized spacial score (nSPS) is 11.3. The SMILES string of the molecule is Cc1nnc(CCNc2nc(C(F)(F)F)ccc2C#N)n1C. The molecule has 0 aliphatic rings. The van der Waals surface area contributed by atoms with Gasteiger partial charge in [0.2, 0.25) is 0 Å². The Bertz CT molecular complexity index is 714. The Hall–Kier alpha value is -2.63. The van der Waals surface area contributed by atoms with Crippen molar-refractivity contribution in [3.63, 3.8) is 0 Å². The molecule has 0 bridgehead atoms. The minimum Gasteiger partial charge on any atom is -0.369 e. The lowest BCUT2D eigenvalue weighted by molar-refractivity contribution is -0.141. The summed E-state index contributed by atoms with van der Waals surface area (Å²) in [5, 5.41) is 19.5. The van der Waals surface area contributed by atoms with Crippen molar-refractivity contribution in [1.82, 2.24) is 19.7 Å². The van der Waals surface area contributed by atoms with Crippen LogP contribution in [-0.2, 0) is 19.6 Å². The van der Waals surface area contributed by atoms with E-state index in [1.807, 2.05) is 6.07 Å². The van der Waals surface area contributed by atoms with Gasteiger partial charge in [-0.2, -0.15) is 18.4 Å². The van der Waals surface area contributed by atoms with Gasteiger partial charge in [-0.05, 0) is 19.1 Å². The lowest BCUT2D eigenvalue weighted by atomic mass is 10.2. The standard InChI is InChI=1S/C13H13F3N6/c1-8-20-21-11(22(8)2)5-6-18-12-9(7-17)3-4-10(19-12)13(14,15)16/h3-4H,5-6H2,1-2H3,(H,18,19). The van der Waals surface area contributed by atoms with Gasteiger partial charge in [-0.3, -0.25) is 0 Å². The molecule has 0 atom stereocenters. The van der Waals surface area contributed by atoms with Crippen molar-refractivity contribution in [2.75, 3.05) is 11.9 Å². The van der Waals surface area contributed by atoms with E-state index in [4.69, 9.17) is 5.26 Å². The first kappa shape index (κ1) is 15.8. The van der Waals surface area contributed by atoms with Crippen molar-refractivity contribution in [3.8, 4) is 6.07 Å². The van der Waals surface area contributed by atoms with Crippen LogP contribution in [0.15, 0.2) is 12.1 Å². The number of nitrogens with one attached hydrogen (secondary N) is 1. The Labute approximate surface area is 124 Å². The third-order valence-electron chi connectivity index (χ3n) is 3.13. The molecule has 0 aromatic carbocycles. The van der Waals surface area contributed by atoms with Crippen molar-refractivity contribution in [2.24, 2.45) is 7.05 Å². The van der Waals surface area contributed by atoms with Gasteiger partial charge in [-0.1, -0.05) is 0 Å². The summed E-state index contributed by atoms with van der Waals surface area (Å²) < 4.78 is 39.7. The lowest BCUT2D eigenvalue weighted by Crippen LogP contribution is -2.14. The molecule has 9 heteroatoms. The number of nitriles is 1. The van der Waals surface area contributed by atoms with E-state index < -0.39 is 11.9 Å². The van der Waals surface area contributed by atoms with Crippen LogP contribution in [0.5, 0.6) is 0 Å². The van der Waals surface area contributed by atoms with Crippen LogP contribution in [0.4, 0.5) is 19.0 Å². The summed E-state index contributed by atoms with van der Waals surface area (Å²) in [4.78, 5) is 3.47. The van der Waals surface area contributed by atoms with E-state index in [1.165, 1.54) is 0 Å². The zero-order valence-corrected chi connectivity index (χ0v) is 11.9. The largest absolute Gasteiger partial charge is 0.433 e. The van der Waals surface area contributed by atoms with E-state index in [0.29, 0.717) is 12.2 Å². The van der Waals surface area contributed by atoms with Gasteiger partial charge in [0.25, 0.3) is 0 Å². The van der Waals surface area contributed by atoms with Crippen molar-refractivity contribution in [2.45, 2.75) is 19.5 Å². The molecule has 0 radical (unpaired) electrons. The number of aromatic nitrogens is 4. The molecule has 6 nitrogen and oxygen atoms in total. The molecule has 0 aliphatic heterocycles. The Morgan fingerprint density at radius 2 is 2.05 bits per heavy atom. The number of hydrogen-bond acceptors (Lipinski definition) is 5. The average molecular weight is 310 g/mol. The van der Waals surface area contributed by atoms with Crippen LogP contribution >= 0.6 is 0 Å². The van der Waals surface area contributed by atoms with Gasteiger partial charge in [0.1, 0.15) is 29.2 Å². The molecule has 0 fully saturated rings. The maximum Gasteiger partial charge on any atom is 0.433 e. The zero-order valence-electron chi connectivity index (χ0n) is 11.9. The number of pyridine rings is 1. The second-order valence-corrected chi connectivity index (χ2v) is 4.60. The topological polar surface area (TPSA) is 79.4 Å². The molecule has 0 saturated heterocycles. The minimum atomic E-state index is -4.55. The predicted octanol–water partition coefficient (Wildman–Crippen LogP) is 2.06. The Morgan fingerprint density at radius 1 is 1.32 bits per heavy atom. The van der Waals surface area contributed by atoms with Crippen LogP contribution in [0.1, 0.15) is 22.9 Å². The fraction of sp³-hybridized carbons (Fsp3) is 0.385. The third-order valence-corrected chi connectivity index (χ3v) is 3.13. The van der Waals surface area contributed by atoms with Gasteiger partial charge >= 0.3 is 6.18 Å². The molecule has 0 aliphatic carbocycles. The van der Waals surface area contributed by atoms with Crippen LogP contribution in [-0.4, -0.2) is 26.3 Å². The van der Waals surface area contributed by atoms with E-state index in [1.54, 1.807) is 18.5 Å². The lowest BCUT2D eigenvalue weighted by Gasteiger charge is -2.11. The van der Waals surface area contributed by atoms with Gasteiger partial charge in [-0.25, -0.2) is 4.98 Å². The van der Waals surface area contributed by atoms with Gasteiger partial charge in [-0.15, -0.1) is 10.2 Å². The summed E-state index contributed by atoms with van der Waals surface area (Å²) in [5.74, 6) is 1.34. The molecule has 1 N–H and O–H groups in total. The van der Waals surface area contributed by atoms with Gasteiger partial charge in [0.15, 0.2) is 0 Å². The maximum atomic E-state index is 12.7. The summed E-state index contributed by atoms with van der Waals surface area (Å²) in [5.41, 5.74) is -0.981. The average Bonchev–Trinajstić information content (AvgIpc) is 2.78. The van der Waals surface area contributed by atoms with Gasteiger partial charge < -0.3 is 9.88 Å². The van der Waals surface area contributed by atoms with Crippen molar-refractivity contribution >= 4 is 5.82 Å². The van der Waals surface area contributed by atoms with E-state index in [-0.39, 0.29) is 17.9 Å². The number of halogens is 3. The van der Waals surface area contributed by atoms with E-state index in [9.17, 15) is 13.2 Å². The highest BCUT2D eigenvalue weighted by molar-refractivity contribution is 5.52. The van der Waals surface area contributed by atoms with Crippen LogP contribution in [0.3, 0.4) is 0 Å². The molecule has 22 heavy (non-hydrogen) atoms. The Balaban J connectivity index is 2.11. The smallest absolute Gasteiger partial charge is 0.369 e. The predicted molar refractivity (Wildman–Crippen MR) is 71.9 cm³/mol. The highest BCUT2D eigenvalue weighted by atomic mass is 19.4. The monoisotopic (exact) mass is 310 g/mol.